The summed E-state index contributed by atoms with van der Waals surface area (Å²) in [4.78, 5) is 31.4. The number of hydrogen-bond donors (Lipinski definition) is 1. The van der Waals surface area contributed by atoms with Crippen LogP contribution in [0.4, 0.5) is 0 Å². The number of carbonyl (C=O) groups excluding carboxylic acids is 2. The summed E-state index contributed by atoms with van der Waals surface area (Å²) in [6.45, 7) is 5.33. The van der Waals surface area contributed by atoms with Crippen LogP contribution in [0.25, 0.3) is 10.9 Å². The Morgan fingerprint density at radius 2 is 2.16 bits per heavy atom. The number of Topliss-reactive ketones (excluding diaryl/α,β-unsaturated/α-hetero) is 1. The first kappa shape index (κ1) is 16.3. The van der Waals surface area contributed by atoms with Crippen molar-refractivity contribution in [2.75, 3.05) is 19.7 Å². The van der Waals surface area contributed by atoms with Crippen LogP contribution in [-0.2, 0) is 20.7 Å². The van der Waals surface area contributed by atoms with E-state index < -0.39 is 5.41 Å². The molecule has 1 saturated heterocycles. The summed E-state index contributed by atoms with van der Waals surface area (Å²) in [6.07, 6.45) is 1.80. The fourth-order valence-electron chi connectivity index (χ4n) is 4.50. The molecule has 132 valence electrons. The van der Waals surface area contributed by atoms with Gasteiger partial charge in [-0.3, -0.25) is 14.5 Å². The number of carbonyl (C=O) groups is 2. The van der Waals surface area contributed by atoms with Crippen LogP contribution in [0.2, 0.25) is 0 Å². The van der Waals surface area contributed by atoms with Crippen LogP contribution in [0, 0.1) is 5.41 Å². The zero-order valence-corrected chi connectivity index (χ0v) is 14.8. The van der Waals surface area contributed by atoms with Crippen molar-refractivity contribution in [3.63, 3.8) is 0 Å². The molecule has 1 aromatic heterocycles. The fourth-order valence-corrected chi connectivity index (χ4v) is 4.50. The van der Waals surface area contributed by atoms with Crippen LogP contribution < -0.4 is 0 Å². The second-order valence-electron chi connectivity index (χ2n) is 7.08. The molecule has 0 unspecified atom stereocenters. The number of nitrogens with zero attached hydrogens (tertiary/aromatic N) is 1. The van der Waals surface area contributed by atoms with Crippen molar-refractivity contribution >= 4 is 22.7 Å². The van der Waals surface area contributed by atoms with Crippen molar-refractivity contribution in [2.45, 2.75) is 39.2 Å². The first-order valence-corrected chi connectivity index (χ1v) is 9.14. The molecule has 1 aromatic carbocycles. The van der Waals surface area contributed by atoms with Gasteiger partial charge in [-0.1, -0.05) is 25.1 Å². The maximum Gasteiger partial charge on any atom is 0.320 e. The van der Waals surface area contributed by atoms with Gasteiger partial charge in [-0.05, 0) is 31.4 Å². The van der Waals surface area contributed by atoms with E-state index in [2.05, 4.69) is 28.1 Å². The summed E-state index contributed by atoms with van der Waals surface area (Å²) in [5, 5.41) is 1.25. The third-order valence-corrected chi connectivity index (χ3v) is 5.92. The van der Waals surface area contributed by atoms with Crippen LogP contribution >= 0.6 is 0 Å². The summed E-state index contributed by atoms with van der Waals surface area (Å²) in [7, 11) is 0. The number of H-pyrrole nitrogens is 1. The lowest BCUT2D eigenvalue weighted by molar-refractivity contribution is -0.166. The molecule has 0 amide bonds. The number of fused-ring (bicyclic) bond motifs is 5. The number of para-hydroxylation sites is 1. The topological polar surface area (TPSA) is 62.4 Å². The number of ketones is 1. The molecule has 2 aliphatic heterocycles. The molecule has 4 rings (SSSR count). The van der Waals surface area contributed by atoms with Crippen LogP contribution in [0.15, 0.2) is 24.3 Å². The normalized spacial score (nSPS) is 26.3. The van der Waals surface area contributed by atoms with E-state index in [1.54, 1.807) is 6.92 Å². The molecule has 1 N–H and O–H groups in total. The number of aromatic nitrogens is 1. The van der Waals surface area contributed by atoms with E-state index in [9.17, 15) is 9.59 Å². The molecule has 2 aromatic rings. The third kappa shape index (κ3) is 2.33. The number of piperidine rings is 1. The van der Waals surface area contributed by atoms with Gasteiger partial charge in [0.25, 0.3) is 0 Å². The number of aromatic amines is 1. The Balaban J connectivity index is 1.71. The molecular formula is C20H24N2O3. The molecule has 25 heavy (non-hydrogen) atoms. The van der Waals surface area contributed by atoms with Crippen LogP contribution in [-0.4, -0.2) is 41.3 Å². The van der Waals surface area contributed by atoms with Gasteiger partial charge in [0.2, 0.25) is 0 Å². The third-order valence-electron chi connectivity index (χ3n) is 5.92. The molecule has 0 saturated carbocycles. The van der Waals surface area contributed by atoms with Gasteiger partial charge in [0.15, 0.2) is 5.78 Å². The molecule has 5 heteroatoms. The SMILES string of the molecule is CCOC(=O)[C@]1(CC)CN2CCc3c([nH]c4ccccc34)[C@@H]2CC1=O. The summed E-state index contributed by atoms with van der Waals surface area (Å²) in [6, 6.07) is 8.34. The van der Waals surface area contributed by atoms with E-state index in [0.29, 0.717) is 26.0 Å². The Morgan fingerprint density at radius 1 is 1.36 bits per heavy atom. The minimum Gasteiger partial charge on any atom is -0.465 e. The Kier molecular flexibility index (Phi) is 3.91. The Labute approximate surface area is 147 Å². The molecule has 3 heterocycles. The Hall–Kier alpha value is -2.14. The molecule has 0 radical (unpaired) electrons. The molecule has 2 atom stereocenters. The standard InChI is InChI=1S/C20H24N2O3/c1-3-20(19(24)25-4-2)12-22-10-9-14-13-7-5-6-8-15(13)21-18(14)16(22)11-17(20)23/h5-8,16,21H,3-4,9-12H2,1-2H3/t16-,20+/m0/s1. The molecule has 5 nitrogen and oxygen atoms in total. The summed E-state index contributed by atoms with van der Waals surface area (Å²) in [5.41, 5.74) is 2.59. The predicted octanol–water partition coefficient (Wildman–Crippen LogP) is 3.00. The van der Waals surface area contributed by atoms with Crippen molar-refractivity contribution < 1.29 is 14.3 Å². The van der Waals surface area contributed by atoms with E-state index >= 15 is 0 Å². The molecule has 0 bridgehead atoms. The Morgan fingerprint density at radius 3 is 2.92 bits per heavy atom. The van der Waals surface area contributed by atoms with Gasteiger partial charge >= 0.3 is 5.97 Å². The van der Waals surface area contributed by atoms with Crippen molar-refractivity contribution in [3.05, 3.63) is 35.5 Å². The number of esters is 1. The van der Waals surface area contributed by atoms with E-state index in [1.165, 1.54) is 10.9 Å². The van der Waals surface area contributed by atoms with Gasteiger partial charge in [-0.2, -0.15) is 0 Å². The van der Waals surface area contributed by atoms with Gasteiger partial charge in [-0.15, -0.1) is 0 Å². The highest BCUT2D eigenvalue weighted by molar-refractivity contribution is 6.05. The molecule has 0 aliphatic carbocycles. The second-order valence-corrected chi connectivity index (χ2v) is 7.08. The molecule has 1 fully saturated rings. The lowest BCUT2D eigenvalue weighted by atomic mass is 9.72. The van der Waals surface area contributed by atoms with E-state index in [0.717, 1.165) is 24.2 Å². The van der Waals surface area contributed by atoms with Crippen LogP contribution in [0.5, 0.6) is 0 Å². The lowest BCUT2D eigenvalue weighted by Crippen LogP contribution is -2.56. The Bertz CT molecular complexity index is 841. The number of nitrogens with one attached hydrogen (secondary N) is 1. The first-order valence-electron chi connectivity index (χ1n) is 9.14. The van der Waals surface area contributed by atoms with Gasteiger partial charge in [0.05, 0.1) is 12.6 Å². The zero-order chi connectivity index (χ0) is 17.6. The number of ether oxygens (including phenoxy) is 1. The van der Waals surface area contributed by atoms with Gasteiger partial charge < -0.3 is 9.72 Å². The minimum atomic E-state index is -1.00. The highest BCUT2D eigenvalue weighted by Crippen LogP contribution is 2.44. The number of rotatable bonds is 3. The zero-order valence-electron chi connectivity index (χ0n) is 14.8. The maximum absolute atomic E-state index is 13.0. The van der Waals surface area contributed by atoms with E-state index in [-0.39, 0.29) is 17.8 Å². The maximum atomic E-state index is 13.0. The van der Waals surface area contributed by atoms with E-state index in [4.69, 9.17) is 4.74 Å². The highest BCUT2D eigenvalue weighted by atomic mass is 16.5. The van der Waals surface area contributed by atoms with Crippen molar-refractivity contribution in [3.8, 4) is 0 Å². The van der Waals surface area contributed by atoms with Crippen molar-refractivity contribution in [1.29, 1.82) is 0 Å². The summed E-state index contributed by atoms with van der Waals surface area (Å²) in [5.74, 6) is -0.343. The lowest BCUT2D eigenvalue weighted by Gasteiger charge is -2.46. The average Bonchev–Trinajstić information content (AvgIpc) is 3.00. The predicted molar refractivity (Wildman–Crippen MR) is 95.3 cm³/mol. The highest BCUT2D eigenvalue weighted by Gasteiger charge is 2.53. The molecular weight excluding hydrogens is 316 g/mol. The number of hydrogen-bond acceptors (Lipinski definition) is 4. The molecule has 2 aliphatic rings. The first-order chi connectivity index (χ1) is 12.1. The summed E-state index contributed by atoms with van der Waals surface area (Å²) < 4.78 is 5.25. The summed E-state index contributed by atoms with van der Waals surface area (Å²) >= 11 is 0. The molecule has 0 spiro atoms. The fraction of sp³-hybridized carbons (Fsp3) is 0.500. The van der Waals surface area contributed by atoms with Crippen molar-refractivity contribution in [1.82, 2.24) is 9.88 Å². The van der Waals surface area contributed by atoms with Gasteiger partial charge in [0.1, 0.15) is 5.41 Å². The van der Waals surface area contributed by atoms with Gasteiger partial charge in [0, 0.05) is 36.1 Å². The number of benzene rings is 1. The quantitative estimate of drug-likeness (QED) is 0.689. The van der Waals surface area contributed by atoms with Crippen LogP contribution in [0.1, 0.15) is 44.0 Å². The van der Waals surface area contributed by atoms with E-state index in [1.807, 2.05) is 13.0 Å². The second kappa shape index (κ2) is 5.99. The smallest absolute Gasteiger partial charge is 0.320 e. The largest absolute Gasteiger partial charge is 0.465 e. The van der Waals surface area contributed by atoms with Crippen LogP contribution in [0.3, 0.4) is 0 Å². The minimum absolute atomic E-state index is 0.0150. The van der Waals surface area contributed by atoms with Crippen molar-refractivity contribution in [2.24, 2.45) is 5.41 Å². The monoisotopic (exact) mass is 340 g/mol. The van der Waals surface area contributed by atoms with Gasteiger partial charge in [-0.25, -0.2) is 0 Å². The average molecular weight is 340 g/mol.